The fourth-order valence-electron chi connectivity index (χ4n) is 6.02. The first-order valence-electron chi connectivity index (χ1n) is 17.4. The van der Waals surface area contributed by atoms with Crippen molar-refractivity contribution in [3.63, 3.8) is 0 Å². The molecule has 0 saturated carbocycles. The Morgan fingerprint density at radius 3 is 1.41 bits per heavy atom. The van der Waals surface area contributed by atoms with Crippen LogP contribution < -0.4 is 0 Å². The summed E-state index contributed by atoms with van der Waals surface area (Å²) >= 11 is 0. The lowest BCUT2D eigenvalue weighted by Gasteiger charge is -2.39. The number of hydrogen-bond acceptors (Lipinski definition) is 4. The number of nitrogens with zero attached hydrogens (tertiary/aromatic N) is 2. The number of phenolic OH excluding ortho intramolecular Hbond substituents is 1. The van der Waals surface area contributed by atoms with E-state index in [0.29, 0.717) is 17.5 Å². The van der Waals surface area contributed by atoms with Gasteiger partial charge in [0.05, 0.1) is 17.7 Å². The molecule has 0 amide bonds. The molecule has 258 valence electrons. The molecule has 4 aromatic carbocycles. The molecule has 0 aliphatic carbocycles. The van der Waals surface area contributed by atoms with E-state index in [4.69, 9.17) is 4.99 Å². The van der Waals surface area contributed by atoms with E-state index in [2.05, 4.69) is 138 Å². The summed E-state index contributed by atoms with van der Waals surface area (Å²) in [6, 6.07) is 29.5. The molecule has 4 aromatic rings. The molecule has 1 unspecified atom stereocenters. The van der Waals surface area contributed by atoms with E-state index in [-0.39, 0.29) is 27.4 Å². The second kappa shape index (κ2) is 13.6. The maximum absolute atomic E-state index is 13.9. The highest BCUT2D eigenvalue weighted by Crippen LogP contribution is 2.43. The van der Waals surface area contributed by atoms with Crippen LogP contribution in [0.5, 0.6) is 5.75 Å². The van der Waals surface area contributed by atoms with Crippen LogP contribution in [0.3, 0.4) is 0 Å². The monoisotopic (exact) mass is 656 g/mol. The smallest absolute Gasteiger partial charge is 0.137 e. The predicted molar refractivity (Wildman–Crippen MR) is 205 cm³/mol. The van der Waals surface area contributed by atoms with Crippen LogP contribution in [0.25, 0.3) is 0 Å². The van der Waals surface area contributed by atoms with E-state index in [0.717, 1.165) is 38.9 Å². The van der Waals surface area contributed by atoms with Gasteiger partial charge in [-0.25, -0.2) is 0 Å². The first kappa shape index (κ1) is 37.6. The van der Waals surface area contributed by atoms with Crippen molar-refractivity contribution in [2.24, 2.45) is 4.99 Å². The van der Waals surface area contributed by atoms with Crippen molar-refractivity contribution < 1.29 is 10.2 Å². The number of nitriles is 1. The summed E-state index contributed by atoms with van der Waals surface area (Å²) in [6.45, 7) is 26.5. The van der Waals surface area contributed by atoms with E-state index in [9.17, 15) is 15.5 Å². The molecule has 0 aliphatic rings. The molecule has 0 aromatic heterocycles. The largest absolute Gasteiger partial charge is 0.507 e. The number of phenols is 1. The van der Waals surface area contributed by atoms with Crippen molar-refractivity contribution in [3.8, 4) is 11.8 Å². The first-order valence-corrected chi connectivity index (χ1v) is 17.4. The minimum atomic E-state index is -1.59. The Hall–Kier alpha value is -4.20. The second-order valence-corrected chi connectivity index (χ2v) is 17.7. The highest BCUT2D eigenvalue weighted by atomic mass is 16.3. The van der Waals surface area contributed by atoms with Crippen molar-refractivity contribution in [1.29, 1.82) is 5.26 Å². The topological polar surface area (TPSA) is 76.6 Å². The third-order valence-electron chi connectivity index (χ3n) is 9.51. The average Bonchev–Trinajstić information content (AvgIpc) is 3.01. The van der Waals surface area contributed by atoms with Gasteiger partial charge in [-0.15, -0.1) is 0 Å². The number of aromatic hydroxyl groups is 1. The van der Waals surface area contributed by atoms with E-state index < -0.39 is 11.6 Å². The van der Waals surface area contributed by atoms with Crippen LogP contribution in [0, 0.1) is 11.3 Å². The predicted octanol–water partition coefficient (Wildman–Crippen LogP) is 10.4. The molecule has 0 saturated heterocycles. The molecule has 0 aliphatic heterocycles. The lowest BCUT2D eigenvalue weighted by Crippen LogP contribution is -2.42. The minimum Gasteiger partial charge on any atom is -0.507 e. The number of benzene rings is 4. The Kier molecular flexibility index (Phi) is 10.4. The van der Waals surface area contributed by atoms with Gasteiger partial charge < -0.3 is 10.2 Å². The van der Waals surface area contributed by atoms with Crippen LogP contribution in [0.1, 0.15) is 133 Å². The van der Waals surface area contributed by atoms with Gasteiger partial charge >= 0.3 is 0 Å². The first-order chi connectivity index (χ1) is 22.5. The molecule has 4 rings (SSSR count). The summed E-state index contributed by atoms with van der Waals surface area (Å²) in [5.41, 5.74) is 5.70. The molecule has 0 bridgehead atoms. The SMILES string of the molecule is CC(C)(C)c1cc(C(C)(C)C)cc(C(O)(c2cc(C(C)(C)C)cc(C(C)(C)C)c2)C(Cc2ccccc2)N=Cc2cc(C#N)ccc2O)c1. The van der Waals surface area contributed by atoms with E-state index in [1.807, 2.05) is 18.2 Å². The van der Waals surface area contributed by atoms with Gasteiger partial charge in [0.1, 0.15) is 11.4 Å². The maximum Gasteiger partial charge on any atom is 0.137 e. The van der Waals surface area contributed by atoms with Gasteiger partial charge in [-0.2, -0.15) is 5.26 Å². The second-order valence-electron chi connectivity index (χ2n) is 17.7. The van der Waals surface area contributed by atoms with Crippen LogP contribution in [0.4, 0.5) is 0 Å². The highest BCUT2D eigenvalue weighted by Gasteiger charge is 2.43. The number of hydrogen-bond donors (Lipinski definition) is 2. The van der Waals surface area contributed by atoms with Gasteiger partial charge in [-0.1, -0.05) is 150 Å². The van der Waals surface area contributed by atoms with Crippen LogP contribution >= 0.6 is 0 Å². The fourth-order valence-corrected chi connectivity index (χ4v) is 6.02. The molecular formula is C45H56N2O2. The molecular weight excluding hydrogens is 601 g/mol. The highest BCUT2D eigenvalue weighted by molar-refractivity contribution is 5.84. The van der Waals surface area contributed by atoms with Crippen LogP contribution in [-0.2, 0) is 33.7 Å². The third kappa shape index (κ3) is 8.70. The van der Waals surface area contributed by atoms with E-state index in [1.165, 1.54) is 6.07 Å². The standard InChI is InChI=1S/C45H56N2O2/c1-41(2,3)33-22-34(42(4,5)6)25-37(24-33)45(49,38-26-35(43(7,8)9)23-36(27-38)44(10,11)12)40(21-30-16-14-13-15-17-30)47-29-32-20-31(28-46)18-19-39(32)48/h13-20,22-27,29,40,48-49H,21H2,1-12H3. The van der Waals surface area contributed by atoms with Gasteiger partial charge in [0.15, 0.2) is 0 Å². The zero-order chi connectivity index (χ0) is 36.6. The van der Waals surface area contributed by atoms with Gasteiger partial charge in [-0.3, -0.25) is 4.99 Å². The molecule has 1 atom stereocenters. The van der Waals surface area contributed by atoms with E-state index in [1.54, 1.807) is 18.3 Å². The van der Waals surface area contributed by atoms with Crippen molar-refractivity contribution in [2.75, 3.05) is 0 Å². The zero-order valence-corrected chi connectivity index (χ0v) is 31.7. The maximum atomic E-state index is 13.9. The van der Waals surface area contributed by atoms with Gasteiger partial charge in [-0.05, 0) is 85.2 Å². The Morgan fingerprint density at radius 2 is 1.02 bits per heavy atom. The number of aliphatic imine (C=N–C) groups is 1. The van der Waals surface area contributed by atoms with Crippen molar-refractivity contribution in [2.45, 2.75) is 123 Å². The zero-order valence-electron chi connectivity index (χ0n) is 31.7. The summed E-state index contributed by atoms with van der Waals surface area (Å²) in [5.74, 6) is 0.0271. The molecule has 0 radical (unpaired) electrons. The van der Waals surface area contributed by atoms with Gasteiger partial charge in [0.25, 0.3) is 0 Å². The van der Waals surface area contributed by atoms with E-state index >= 15 is 0 Å². The molecule has 4 nitrogen and oxygen atoms in total. The molecule has 0 fully saturated rings. The Labute approximate surface area is 295 Å². The summed E-state index contributed by atoms with van der Waals surface area (Å²) in [6.07, 6.45) is 2.05. The summed E-state index contributed by atoms with van der Waals surface area (Å²) < 4.78 is 0. The van der Waals surface area contributed by atoms with Gasteiger partial charge in [0.2, 0.25) is 0 Å². The quantitative estimate of drug-likeness (QED) is 0.194. The Bertz CT molecular complexity index is 1710. The minimum absolute atomic E-state index is 0.0271. The normalized spacial score (nSPS) is 13.8. The Morgan fingerprint density at radius 1 is 0.612 bits per heavy atom. The summed E-state index contributed by atoms with van der Waals surface area (Å²) in [5, 5.41) is 34.3. The lowest BCUT2D eigenvalue weighted by atomic mass is 9.70. The van der Waals surface area contributed by atoms with Crippen molar-refractivity contribution >= 4 is 6.21 Å². The molecule has 4 heteroatoms. The number of aliphatic hydroxyl groups is 1. The molecule has 2 N–H and O–H groups in total. The summed E-state index contributed by atoms with van der Waals surface area (Å²) in [4.78, 5) is 5.17. The average molecular weight is 657 g/mol. The molecule has 0 heterocycles. The van der Waals surface area contributed by atoms with Crippen LogP contribution in [-0.4, -0.2) is 22.5 Å². The molecule has 0 spiro atoms. The van der Waals surface area contributed by atoms with Gasteiger partial charge in [0, 0.05) is 11.8 Å². The number of rotatable bonds is 7. The Balaban J connectivity index is 2.18. The molecule has 49 heavy (non-hydrogen) atoms. The van der Waals surface area contributed by atoms with Crippen LogP contribution in [0.15, 0.2) is 89.9 Å². The van der Waals surface area contributed by atoms with Crippen LogP contribution in [0.2, 0.25) is 0 Å². The lowest BCUT2D eigenvalue weighted by molar-refractivity contribution is 0.0522. The van der Waals surface area contributed by atoms with Crippen molar-refractivity contribution in [3.05, 3.63) is 135 Å². The fraction of sp³-hybridized carbons (Fsp3) is 0.422. The summed E-state index contributed by atoms with van der Waals surface area (Å²) in [7, 11) is 0. The third-order valence-corrected chi connectivity index (χ3v) is 9.51. The van der Waals surface area contributed by atoms with Crippen molar-refractivity contribution in [1.82, 2.24) is 0 Å².